The maximum atomic E-state index is 11.9. The van der Waals surface area contributed by atoms with Crippen LogP contribution in [0.15, 0.2) is 0 Å². The number of carboxylic acids is 1. The van der Waals surface area contributed by atoms with Crippen LogP contribution in [0.4, 0.5) is 13.2 Å². The summed E-state index contributed by atoms with van der Waals surface area (Å²) < 4.78 is 35.8. The van der Waals surface area contributed by atoms with Gasteiger partial charge in [0.05, 0.1) is 13.0 Å². The number of carbonyl (C=O) groups excluding carboxylic acids is 1. The van der Waals surface area contributed by atoms with E-state index in [4.69, 9.17) is 5.11 Å². The number of rotatable bonds is 5. The molecule has 0 spiro atoms. The van der Waals surface area contributed by atoms with Gasteiger partial charge in [-0.2, -0.15) is 24.9 Å². The second kappa shape index (κ2) is 6.99. The van der Waals surface area contributed by atoms with Crippen LogP contribution in [-0.2, 0) is 9.59 Å². The Morgan fingerprint density at radius 1 is 1.42 bits per heavy atom. The molecule has 1 aliphatic rings. The van der Waals surface area contributed by atoms with Gasteiger partial charge in [0.1, 0.15) is 6.54 Å². The molecule has 1 amide bonds. The maximum absolute atomic E-state index is 11.9. The summed E-state index contributed by atoms with van der Waals surface area (Å²) >= 11 is 1.58. The summed E-state index contributed by atoms with van der Waals surface area (Å²) in [6.45, 7) is -1.06. The molecule has 1 aliphatic heterocycles. The molecule has 110 valence electrons. The third kappa shape index (κ3) is 6.67. The fourth-order valence-electron chi connectivity index (χ4n) is 1.73. The lowest BCUT2D eigenvalue weighted by Crippen LogP contribution is -2.49. The van der Waals surface area contributed by atoms with Crippen molar-refractivity contribution < 1.29 is 27.9 Å². The number of alkyl halides is 3. The lowest BCUT2D eigenvalue weighted by Gasteiger charge is -2.33. The van der Waals surface area contributed by atoms with Crippen LogP contribution >= 0.6 is 11.8 Å². The number of hydrogen-bond donors (Lipinski definition) is 2. The molecule has 0 radical (unpaired) electrons. The van der Waals surface area contributed by atoms with Gasteiger partial charge in [-0.25, -0.2) is 0 Å². The number of aliphatic carboxylic acids is 1. The molecule has 19 heavy (non-hydrogen) atoms. The highest BCUT2D eigenvalue weighted by Crippen LogP contribution is 2.18. The Hall–Kier alpha value is -0.960. The second-order valence-electron chi connectivity index (χ2n) is 4.19. The third-order valence-electron chi connectivity index (χ3n) is 2.59. The topological polar surface area (TPSA) is 69.6 Å². The number of amides is 1. The quantitative estimate of drug-likeness (QED) is 0.776. The molecule has 1 rings (SSSR count). The van der Waals surface area contributed by atoms with E-state index in [0.29, 0.717) is 12.3 Å². The van der Waals surface area contributed by atoms with Crippen molar-refractivity contribution in [1.29, 1.82) is 0 Å². The molecule has 2 N–H and O–H groups in total. The molecule has 9 heteroatoms. The van der Waals surface area contributed by atoms with Crippen LogP contribution in [0.25, 0.3) is 0 Å². The van der Waals surface area contributed by atoms with Crippen molar-refractivity contribution in [3.8, 4) is 0 Å². The van der Waals surface area contributed by atoms with Crippen molar-refractivity contribution in [2.45, 2.75) is 18.6 Å². The maximum Gasteiger partial charge on any atom is 0.405 e. The number of nitrogens with zero attached hydrogens (tertiary/aromatic N) is 1. The standard InChI is InChI=1S/C10H15F3N2O3S/c11-10(12,13)6-14-8(16)4-15-1-2-19-5-7(15)3-9(17)18/h7H,1-6H2,(H,14,16)(H,17,18). The third-order valence-corrected chi connectivity index (χ3v) is 3.68. The minimum atomic E-state index is -4.44. The molecule has 0 bridgehead atoms. The molecule has 1 fully saturated rings. The molecule has 1 heterocycles. The van der Waals surface area contributed by atoms with Gasteiger partial charge < -0.3 is 10.4 Å². The molecule has 0 aromatic heterocycles. The smallest absolute Gasteiger partial charge is 0.405 e. The normalized spacial score (nSPS) is 21.1. The molecular formula is C10H15F3N2O3S. The zero-order chi connectivity index (χ0) is 14.5. The predicted molar refractivity (Wildman–Crippen MR) is 64.0 cm³/mol. The van der Waals surface area contributed by atoms with Crippen LogP contribution in [0.2, 0.25) is 0 Å². The average molecular weight is 300 g/mol. The zero-order valence-corrected chi connectivity index (χ0v) is 10.9. The van der Waals surface area contributed by atoms with Gasteiger partial charge in [0.25, 0.3) is 0 Å². The Labute approximate surface area is 112 Å². The molecule has 0 aromatic carbocycles. The zero-order valence-electron chi connectivity index (χ0n) is 10.1. The van der Waals surface area contributed by atoms with Gasteiger partial charge in [-0.05, 0) is 0 Å². The van der Waals surface area contributed by atoms with Crippen LogP contribution in [0.3, 0.4) is 0 Å². The van der Waals surface area contributed by atoms with Gasteiger partial charge >= 0.3 is 12.1 Å². The molecule has 1 unspecified atom stereocenters. The highest BCUT2D eigenvalue weighted by molar-refractivity contribution is 7.99. The minimum Gasteiger partial charge on any atom is -0.481 e. The van der Waals surface area contributed by atoms with E-state index in [1.54, 1.807) is 22.0 Å². The minimum absolute atomic E-state index is 0.112. The Morgan fingerprint density at radius 2 is 2.11 bits per heavy atom. The van der Waals surface area contributed by atoms with Gasteiger partial charge in [-0.15, -0.1) is 0 Å². The number of hydrogen-bond acceptors (Lipinski definition) is 4. The van der Waals surface area contributed by atoms with Crippen LogP contribution in [-0.4, -0.2) is 65.2 Å². The molecule has 1 atom stereocenters. The summed E-state index contributed by atoms with van der Waals surface area (Å²) in [7, 11) is 0. The first-order valence-corrected chi connectivity index (χ1v) is 6.80. The van der Waals surface area contributed by atoms with Crippen LogP contribution in [0.1, 0.15) is 6.42 Å². The van der Waals surface area contributed by atoms with Crippen molar-refractivity contribution in [3.63, 3.8) is 0 Å². The van der Waals surface area contributed by atoms with Crippen LogP contribution < -0.4 is 5.32 Å². The van der Waals surface area contributed by atoms with E-state index in [1.165, 1.54) is 0 Å². The summed E-state index contributed by atoms with van der Waals surface area (Å²) in [6.07, 6.45) is -4.55. The fourth-order valence-corrected chi connectivity index (χ4v) is 2.86. The lowest BCUT2D eigenvalue weighted by molar-refractivity contribution is -0.140. The van der Waals surface area contributed by atoms with Crippen LogP contribution in [0.5, 0.6) is 0 Å². The number of carboxylic acid groups (broad SMARTS) is 1. The molecule has 1 saturated heterocycles. The summed E-state index contributed by atoms with van der Waals surface area (Å²) in [4.78, 5) is 23.7. The van der Waals surface area contributed by atoms with Gasteiger partial charge in [0.15, 0.2) is 0 Å². The summed E-state index contributed by atoms with van der Waals surface area (Å²) in [5, 5.41) is 10.5. The molecule has 0 aromatic rings. The molecule has 0 aliphatic carbocycles. The Balaban J connectivity index is 2.43. The number of nitrogens with one attached hydrogen (secondary N) is 1. The second-order valence-corrected chi connectivity index (χ2v) is 5.34. The monoisotopic (exact) mass is 300 g/mol. The van der Waals surface area contributed by atoms with Gasteiger partial charge in [0, 0.05) is 24.1 Å². The van der Waals surface area contributed by atoms with Crippen LogP contribution in [0, 0.1) is 0 Å². The first kappa shape index (κ1) is 16.1. The average Bonchev–Trinajstić information content (AvgIpc) is 2.27. The SMILES string of the molecule is O=C(O)CC1CSCCN1CC(=O)NCC(F)(F)F. The highest BCUT2D eigenvalue weighted by atomic mass is 32.2. The van der Waals surface area contributed by atoms with E-state index < -0.39 is 24.6 Å². The van der Waals surface area contributed by atoms with Crippen molar-refractivity contribution in [3.05, 3.63) is 0 Å². The molecule has 5 nitrogen and oxygen atoms in total. The van der Waals surface area contributed by atoms with Crippen molar-refractivity contribution in [1.82, 2.24) is 10.2 Å². The number of carbonyl (C=O) groups is 2. The van der Waals surface area contributed by atoms with E-state index in [-0.39, 0.29) is 19.0 Å². The first-order chi connectivity index (χ1) is 8.78. The van der Waals surface area contributed by atoms with E-state index in [0.717, 1.165) is 5.75 Å². The summed E-state index contributed by atoms with van der Waals surface area (Å²) in [6, 6.07) is -0.312. The Morgan fingerprint density at radius 3 is 2.68 bits per heavy atom. The first-order valence-electron chi connectivity index (χ1n) is 5.65. The van der Waals surface area contributed by atoms with E-state index >= 15 is 0 Å². The van der Waals surface area contributed by atoms with E-state index in [9.17, 15) is 22.8 Å². The van der Waals surface area contributed by atoms with Gasteiger partial charge in [0.2, 0.25) is 5.91 Å². The number of thioether (sulfide) groups is 1. The highest BCUT2D eigenvalue weighted by Gasteiger charge is 2.30. The van der Waals surface area contributed by atoms with Crippen molar-refractivity contribution in [2.75, 3.05) is 31.1 Å². The summed E-state index contributed by atoms with van der Waals surface area (Å²) in [5.74, 6) is -0.408. The van der Waals surface area contributed by atoms with Gasteiger partial charge in [-0.1, -0.05) is 0 Å². The fraction of sp³-hybridized carbons (Fsp3) is 0.800. The van der Waals surface area contributed by atoms with Crippen molar-refractivity contribution >= 4 is 23.6 Å². The Kier molecular flexibility index (Phi) is 5.92. The Bertz CT molecular complexity index is 338. The molecular weight excluding hydrogens is 285 g/mol. The van der Waals surface area contributed by atoms with Crippen molar-refractivity contribution in [2.24, 2.45) is 0 Å². The summed E-state index contributed by atoms with van der Waals surface area (Å²) in [5.41, 5.74) is 0. The number of halogens is 3. The lowest BCUT2D eigenvalue weighted by atomic mass is 10.2. The largest absolute Gasteiger partial charge is 0.481 e. The molecule has 0 saturated carbocycles. The van der Waals surface area contributed by atoms with E-state index in [2.05, 4.69) is 0 Å². The predicted octanol–water partition coefficient (Wildman–Crippen LogP) is 0.557. The van der Waals surface area contributed by atoms with E-state index in [1.807, 2.05) is 0 Å². The van der Waals surface area contributed by atoms with Gasteiger partial charge in [-0.3, -0.25) is 14.5 Å².